The summed E-state index contributed by atoms with van der Waals surface area (Å²) >= 11 is 2.84. The molecule has 0 radical (unpaired) electrons. The number of thiazole rings is 1. The van der Waals surface area contributed by atoms with Gasteiger partial charge in [-0.1, -0.05) is 17.4 Å². The zero-order chi connectivity index (χ0) is 12.4. The van der Waals surface area contributed by atoms with Gasteiger partial charge in [0.25, 0.3) is 0 Å². The third kappa shape index (κ3) is 3.04. The van der Waals surface area contributed by atoms with Crippen molar-refractivity contribution in [3.05, 3.63) is 45.4 Å². The van der Waals surface area contributed by atoms with Gasteiger partial charge in [-0.25, -0.2) is 8.78 Å². The summed E-state index contributed by atoms with van der Waals surface area (Å²) in [5.41, 5.74) is -0.169. The van der Waals surface area contributed by atoms with E-state index in [-0.39, 0.29) is 11.3 Å². The molecule has 0 spiro atoms. The van der Waals surface area contributed by atoms with Gasteiger partial charge in [0.1, 0.15) is 17.4 Å². The van der Waals surface area contributed by atoms with E-state index in [1.165, 1.54) is 23.6 Å². The van der Waals surface area contributed by atoms with E-state index in [0.29, 0.717) is 4.34 Å². The lowest BCUT2D eigenvalue weighted by molar-refractivity contribution is 0.555. The summed E-state index contributed by atoms with van der Waals surface area (Å²) < 4.78 is 39.6. The molecule has 2 nitrogen and oxygen atoms in total. The molecule has 0 bridgehead atoms. The second-order valence-electron chi connectivity index (χ2n) is 3.12. The van der Waals surface area contributed by atoms with E-state index >= 15 is 0 Å². The van der Waals surface area contributed by atoms with Crippen LogP contribution in [0.2, 0.25) is 0 Å². The van der Waals surface area contributed by atoms with Gasteiger partial charge in [-0.05, 0) is 28.1 Å². The van der Waals surface area contributed by atoms with Crippen molar-refractivity contribution in [2.24, 2.45) is 0 Å². The number of halogens is 3. The maximum absolute atomic E-state index is 13.3. The number of nitrogens with zero attached hydrogens (tertiary/aromatic N) is 1. The van der Waals surface area contributed by atoms with E-state index in [2.05, 4.69) is 20.9 Å². The van der Waals surface area contributed by atoms with Gasteiger partial charge >= 0.3 is 4.34 Å². The Morgan fingerprint density at radius 1 is 1.35 bits per heavy atom. The molecule has 0 aliphatic carbocycles. The minimum absolute atomic E-state index is 0.169. The van der Waals surface area contributed by atoms with Crippen LogP contribution in [-0.2, 0) is 16.9 Å². The first-order chi connectivity index (χ1) is 8.08. The number of hydrogen-bond donors (Lipinski definition) is 0. The first-order valence-electron chi connectivity index (χ1n) is 4.50. The second kappa shape index (κ2) is 5.43. The quantitative estimate of drug-likeness (QED) is 0.803. The Kier molecular flexibility index (Phi) is 4.13. The number of hydrogen-bond acceptors (Lipinski definition) is 3. The molecule has 17 heavy (non-hydrogen) atoms. The maximum Gasteiger partial charge on any atom is 0.302 e. The van der Waals surface area contributed by atoms with E-state index in [1.807, 2.05) is 0 Å². The van der Waals surface area contributed by atoms with E-state index in [9.17, 15) is 13.3 Å². The van der Waals surface area contributed by atoms with Crippen LogP contribution in [0.25, 0.3) is 0 Å². The lowest BCUT2D eigenvalue weighted by Crippen LogP contribution is -2.08. The Balaban J connectivity index is 2.21. The third-order valence-corrected chi connectivity index (χ3v) is 5.11. The molecule has 1 heterocycles. The molecule has 2 aromatic rings. The zero-order valence-electron chi connectivity index (χ0n) is 8.32. The number of aromatic nitrogens is 1. The van der Waals surface area contributed by atoms with Crippen molar-refractivity contribution < 1.29 is 13.3 Å². The van der Waals surface area contributed by atoms with Crippen molar-refractivity contribution in [2.75, 3.05) is 0 Å². The van der Waals surface area contributed by atoms with Crippen molar-refractivity contribution in [2.45, 2.75) is 10.1 Å². The van der Waals surface area contributed by atoms with E-state index in [1.54, 1.807) is 0 Å². The minimum Gasteiger partial charge on any atom is -0.609 e. The van der Waals surface area contributed by atoms with E-state index in [0.717, 1.165) is 15.9 Å². The van der Waals surface area contributed by atoms with Crippen molar-refractivity contribution in [1.29, 1.82) is 0 Å². The largest absolute Gasteiger partial charge is 0.609 e. The standard InChI is InChI=1S/C10H6BrF2NOS2/c11-9-4-14-10(16-9)17(15)5-6-7(12)2-1-3-8(6)13/h1-4H,5H2/t17-/m0/s1. The second-order valence-corrected chi connectivity index (χ2v) is 7.16. The summed E-state index contributed by atoms with van der Waals surface area (Å²) in [7, 11) is 0. The van der Waals surface area contributed by atoms with Gasteiger partial charge in [-0.15, -0.1) is 0 Å². The predicted molar refractivity (Wildman–Crippen MR) is 66.3 cm³/mol. The summed E-state index contributed by atoms with van der Waals surface area (Å²) in [6, 6.07) is 3.57. The van der Waals surface area contributed by atoms with Crippen LogP contribution in [0, 0.1) is 11.6 Å². The molecule has 0 amide bonds. The summed E-state index contributed by atoms with van der Waals surface area (Å²) in [6.07, 6.45) is 1.51. The highest BCUT2D eigenvalue weighted by molar-refractivity contribution is 9.11. The molecule has 2 rings (SSSR count). The van der Waals surface area contributed by atoms with Crippen molar-refractivity contribution in [3.8, 4) is 0 Å². The fraction of sp³-hybridized carbons (Fsp3) is 0.100. The molecule has 0 unspecified atom stereocenters. The molecule has 1 aromatic carbocycles. The summed E-state index contributed by atoms with van der Waals surface area (Å²) in [4.78, 5) is 3.90. The van der Waals surface area contributed by atoms with Gasteiger partial charge in [0.15, 0.2) is 0 Å². The Morgan fingerprint density at radius 2 is 2.00 bits per heavy atom. The van der Waals surface area contributed by atoms with Crippen LogP contribution in [0.3, 0.4) is 0 Å². The fourth-order valence-electron chi connectivity index (χ4n) is 1.21. The van der Waals surface area contributed by atoms with Crippen LogP contribution in [0.5, 0.6) is 0 Å². The third-order valence-electron chi connectivity index (χ3n) is 1.99. The monoisotopic (exact) mass is 337 g/mol. The highest BCUT2D eigenvalue weighted by Crippen LogP contribution is 2.26. The molecule has 0 fully saturated rings. The SMILES string of the molecule is [O-][S@@+](Cc1c(F)cccc1F)c1ncc(Br)s1. The van der Waals surface area contributed by atoms with Crippen LogP contribution in [0.15, 0.2) is 32.5 Å². The molecule has 0 aliphatic rings. The first-order valence-corrected chi connectivity index (χ1v) is 7.43. The average Bonchev–Trinajstić information content (AvgIpc) is 2.70. The van der Waals surface area contributed by atoms with Crippen LogP contribution < -0.4 is 0 Å². The minimum atomic E-state index is -1.54. The number of benzene rings is 1. The fourth-order valence-corrected chi connectivity index (χ4v) is 4.12. The number of rotatable bonds is 3. The highest BCUT2D eigenvalue weighted by atomic mass is 79.9. The highest BCUT2D eigenvalue weighted by Gasteiger charge is 2.21. The van der Waals surface area contributed by atoms with Gasteiger partial charge in [0, 0.05) is 11.2 Å². The smallest absolute Gasteiger partial charge is 0.302 e. The molecular formula is C10H6BrF2NOS2. The molecule has 0 N–H and O–H groups in total. The molecule has 1 atom stereocenters. The molecule has 7 heteroatoms. The molecule has 0 aliphatic heterocycles. The predicted octanol–water partition coefficient (Wildman–Crippen LogP) is 3.49. The molecule has 0 saturated carbocycles. The summed E-state index contributed by atoms with van der Waals surface area (Å²) in [6.45, 7) is 0. The van der Waals surface area contributed by atoms with Gasteiger partial charge in [0.05, 0.1) is 15.5 Å². The van der Waals surface area contributed by atoms with Gasteiger partial charge < -0.3 is 4.55 Å². The van der Waals surface area contributed by atoms with Crippen LogP contribution in [0.4, 0.5) is 8.78 Å². The van der Waals surface area contributed by atoms with E-state index in [4.69, 9.17) is 0 Å². The Morgan fingerprint density at radius 3 is 2.53 bits per heavy atom. The Bertz CT molecular complexity index is 515. The van der Waals surface area contributed by atoms with Crippen molar-refractivity contribution in [1.82, 2.24) is 4.98 Å². The maximum atomic E-state index is 13.3. The topological polar surface area (TPSA) is 36.0 Å². The van der Waals surface area contributed by atoms with Crippen LogP contribution >= 0.6 is 27.3 Å². The van der Waals surface area contributed by atoms with E-state index < -0.39 is 22.8 Å². The average molecular weight is 338 g/mol. The van der Waals surface area contributed by atoms with Crippen LogP contribution in [-0.4, -0.2) is 9.54 Å². The molecule has 90 valence electrons. The molecule has 0 saturated heterocycles. The summed E-state index contributed by atoms with van der Waals surface area (Å²) in [5.74, 6) is -1.58. The zero-order valence-corrected chi connectivity index (χ0v) is 11.5. The van der Waals surface area contributed by atoms with Gasteiger partial charge in [0.2, 0.25) is 0 Å². The first kappa shape index (κ1) is 12.9. The Hall–Kier alpha value is -0.500. The van der Waals surface area contributed by atoms with Gasteiger partial charge in [-0.3, -0.25) is 0 Å². The van der Waals surface area contributed by atoms with Crippen molar-refractivity contribution in [3.63, 3.8) is 0 Å². The van der Waals surface area contributed by atoms with Gasteiger partial charge in [-0.2, -0.15) is 4.98 Å². The van der Waals surface area contributed by atoms with Crippen molar-refractivity contribution >= 4 is 38.4 Å². The lowest BCUT2D eigenvalue weighted by Gasteiger charge is -2.08. The molecular weight excluding hydrogens is 332 g/mol. The normalized spacial score (nSPS) is 12.7. The lowest BCUT2D eigenvalue weighted by atomic mass is 10.2. The Labute approximate surface area is 112 Å². The van der Waals surface area contributed by atoms with Crippen LogP contribution in [0.1, 0.15) is 5.56 Å². The molecule has 1 aromatic heterocycles. The summed E-state index contributed by atoms with van der Waals surface area (Å²) in [5, 5.41) is 0.